The summed E-state index contributed by atoms with van der Waals surface area (Å²) in [7, 11) is 0. The highest BCUT2D eigenvalue weighted by atomic mass is 32.2. The van der Waals surface area contributed by atoms with Crippen molar-refractivity contribution >= 4 is 29.3 Å². The molecule has 0 spiro atoms. The molecule has 27 heavy (non-hydrogen) atoms. The summed E-state index contributed by atoms with van der Waals surface area (Å²) in [6, 6.07) is 11.4. The van der Waals surface area contributed by atoms with E-state index in [1.807, 2.05) is 55.1 Å². The van der Waals surface area contributed by atoms with Gasteiger partial charge in [-0.1, -0.05) is 30.0 Å². The van der Waals surface area contributed by atoms with E-state index in [0.717, 1.165) is 17.1 Å². The molecule has 142 valence electrons. The Morgan fingerprint density at radius 1 is 1.11 bits per heavy atom. The van der Waals surface area contributed by atoms with Gasteiger partial charge in [0.1, 0.15) is 0 Å². The van der Waals surface area contributed by atoms with Gasteiger partial charge in [0.05, 0.1) is 5.75 Å². The minimum Gasteiger partial charge on any atom is -0.342 e. The summed E-state index contributed by atoms with van der Waals surface area (Å²) in [4.78, 5) is 35.4. The Labute approximate surface area is 163 Å². The van der Waals surface area contributed by atoms with Crippen molar-refractivity contribution in [1.82, 2.24) is 14.9 Å². The summed E-state index contributed by atoms with van der Waals surface area (Å²) < 4.78 is 0. The van der Waals surface area contributed by atoms with Gasteiger partial charge in [0.25, 0.3) is 0 Å². The summed E-state index contributed by atoms with van der Waals surface area (Å²) in [6.45, 7) is 5.07. The number of hydrogen-bond donors (Lipinski definition) is 1. The molecule has 6 nitrogen and oxygen atoms in total. The predicted octanol–water partition coefficient (Wildman–Crippen LogP) is 3.06. The van der Waals surface area contributed by atoms with Crippen LogP contribution >= 0.6 is 11.8 Å². The molecule has 0 aliphatic carbocycles. The van der Waals surface area contributed by atoms with Crippen LogP contribution in [0, 0.1) is 19.8 Å². The van der Waals surface area contributed by atoms with Crippen molar-refractivity contribution in [2.24, 2.45) is 5.92 Å². The average Bonchev–Trinajstić information content (AvgIpc) is 2.66. The fourth-order valence-corrected chi connectivity index (χ4v) is 3.98. The molecule has 2 heterocycles. The van der Waals surface area contributed by atoms with Crippen LogP contribution in [0.3, 0.4) is 0 Å². The minimum absolute atomic E-state index is 0.0336. The molecule has 0 radical (unpaired) electrons. The molecule has 1 aliphatic rings. The van der Waals surface area contributed by atoms with Gasteiger partial charge in [0.15, 0.2) is 5.16 Å². The highest BCUT2D eigenvalue weighted by Crippen LogP contribution is 2.21. The second kappa shape index (κ2) is 8.99. The van der Waals surface area contributed by atoms with Crippen molar-refractivity contribution in [2.45, 2.75) is 31.8 Å². The number of aromatic nitrogens is 2. The summed E-state index contributed by atoms with van der Waals surface area (Å²) in [5.41, 5.74) is 2.62. The van der Waals surface area contributed by atoms with Gasteiger partial charge >= 0.3 is 0 Å². The Balaban J connectivity index is 1.45. The minimum atomic E-state index is -0.0512. The van der Waals surface area contributed by atoms with E-state index in [1.54, 1.807) is 0 Å². The number of rotatable bonds is 5. The van der Waals surface area contributed by atoms with Gasteiger partial charge in [-0.2, -0.15) is 0 Å². The standard InChI is InChI=1S/C20H24N4O2S/c1-14-12-15(2)22-20(21-14)27-13-18(25)24-10-8-16(9-11-24)19(26)23-17-6-4-3-5-7-17/h3-7,12,16H,8-11,13H2,1-2H3,(H,23,26). The van der Waals surface area contributed by atoms with Gasteiger partial charge in [-0.15, -0.1) is 0 Å². The fourth-order valence-electron chi connectivity index (χ4n) is 3.13. The molecule has 1 aromatic carbocycles. The number of hydrogen-bond acceptors (Lipinski definition) is 5. The lowest BCUT2D eigenvalue weighted by molar-refractivity contribution is -0.132. The van der Waals surface area contributed by atoms with Crippen molar-refractivity contribution < 1.29 is 9.59 Å². The summed E-state index contributed by atoms with van der Waals surface area (Å²) in [5, 5.41) is 3.59. The number of nitrogens with zero attached hydrogens (tertiary/aromatic N) is 3. The number of carbonyl (C=O) groups excluding carboxylic acids is 2. The Kier molecular flexibility index (Phi) is 6.45. The van der Waals surface area contributed by atoms with Gasteiger partial charge in [-0.3, -0.25) is 9.59 Å². The van der Waals surface area contributed by atoms with Crippen LogP contribution in [0.5, 0.6) is 0 Å². The number of nitrogens with one attached hydrogen (secondary N) is 1. The van der Waals surface area contributed by atoms with Gasteiger partial charge in [0.2, 0.25) is 11.8 Å². The molecule has 1 fully saturated rings. The van der Waals surface area contributed by atoms with E-state index < -0.39 is 0 Å². The number of thioether (sulfide) groups is 1. The zero-order chi connectivity index (χ0) is 19.2. The van der Waals surface area contributed by atoms with E-state index in [2.05, 4.69) is 15.3 Å². The van der Waals surface area contributed by atoms with Crippen LogP contribution in [0.1, 0.15) is 24.2 Å². The Morgan fingerprint density at radius 2 is 1.74 bits per heavy atom. The maximum Gasteiger partial charge on any atom is 0.233 e. The molecule has 0 saturated carbocycles. The first-order chi connectivity index (χ1) is 13.0. The largest absolute Gasteiger partial charge is 0.342 e. The van der Waals surface area contributed by atoms with E-state index in [9.17, 15) is 9.59 Å². The Morgan fingerprint density at radius 3 is 2.37 bits per heavy atom. The fraction of sp³-hybridized carbons (Fsp3) is 0.400. The first-order valence-electron chi connectivity index (χ1n) is 9.10. The molecule has 2 aromatic rings. The molecule has 0 unspecified atom stereocenters. The van der Waals surface area contributed by atoms with Crippen molar-refractivity contribution in [3.05, 3.63) is 47.8 Å². The second-order valence-corrected chi connectivity index (χ2v) is 7.67. The van der Waals surface area contributed by atoms with Crippen LogP contribution < -0.4 is 5.32 Å². The summed E-state index contributed by atoms with van der Waals surface area (Å²) in [5.74, 6) is 0.379. The van der Waals surface area contributed by atoms with Crippen molar-refractivity contribution in [2.75, 3.05) is 24.2 Å². The molecule has 0 atom stereocenters. The van der Waals surface area contributed by atoms with E-state index in [1.165, 1.54) is 11.8 Å². The highest BCUT2D eigenvalue weighted by molar-refractivity contribution is 7.99. The SMILES string of the molecule is Cc1cc(C)nc(SCC(=O)N2CCC(C(=O)Nc3ccccc3)CC2)n1. The molecular formula is C20H24N4O2S. The van der Waals surface area contributed by atoms with E-state index in [-0.39, 0.29) is 17.7 Å². The van der Waals surface area contributed by atoms with E-state index >= 15 is 0 Å². The normalized spacial score (nSPS) is 14.8. The maximum atomic E-state index is 12.5. The number of benzene rings is 1. The Bertz CT molecular complexity index is 785. The highest BCUT2D eigenvalue weighted by Gasteiger charge is 2.27. The lowest BCUT2D eigenvalue weighted by Gasteiger charge is -2.31. The van der Waals surface area contributed by atoms with Crippen LogP contribution in [0.4, 0.5) is 5.69 Å². The lowest BCUT2D eigenvalue weighted by atomic mass is 9.96. The van der Waals surface area contributed by atoms with Crippen molar-refractivity contribution in [1.29, 1.82) is 0 Å². The predicted molar refractivity (Wildman–Crippen MR) is 107 cm³/mol. The van der Waals surface area contributed by atoms with Crippen molar-refractivity contribution in [3.63, 3.8) is 0 Å². The zero-order valence-corrected chi connectivity index (χ0v) is 16.5. The number of para-hydroxylation sites is 1. The molecule has 2 amide bonds. The molecule has 1 N–H and O–H groups in total. The number of piperidine rings is 1. The Hall–Kier alpha value is -2.41. The lowest BCUT2D eigenvalue weighted by Crippen LogP contribution is -2.42. The van der Waals surface area contributed by atoms with Gasteiger partial charge < -0.3 is 10.2 Å². The molecule has 0 bridgehead atoms. The van der Waals surface area contributed by atoms with E-state index in [0.29, 0.717) is 36.8 Å². The van der Waals surface area contributed by atoms with Gasteiger partial charge in [0, 0.05) is 36.1 Å². The number of carbonyl (C=O) groups is 2. The zero-order valence-electron chi connectivity index (χ0n) is 15.6. The smallest absolute Gasteiger partial charge is 0.233 e. The number of likely N-dealkylation sites (tertiary alicyclic amines) is 1. The van der Waals surface area contributed by atoms with Crippen LogP contribution in [0.2, 0.25) is 0 Å². The second-order valence-electron chi connectivity index (χ2n) is 6.73. The first-order valence-corrected chi connectivity index (χ1v) is 10.1. The topological polar surface area (TPSA) is 75.2 Å². The van der Waals surface area contributed by atoms with E-state index in [4.69, 9.17) is 0 Å². The number of amides is 2. The monoisotopic (exact) mass is 384 g/mol. The summed E-state index contributed by atoms with van der Waals surface area (Å²) >= 11 is 1.37. The third-order valence-corrected chi connectivity index (χ3v) is 5.38. The number of aryl methyl sites for hydroxylation is 2. The third kappa shape index (κ3) is 5.53. The van der Waals surface area contributed by atoms with Crippen LogP contribution in [-0.4, -0.2) is 45.5 Å². The average molecular weight is 385 g/mol. The van der Waals surface area contributed by atoms with Crippen LogP contribution in [-0.2, 0) is 9.59 Å². The summed E-state index contributed by atoms with van der Waals surface area (Å²) in [6.07, 6.45) is 1.38. The first kappa shape index (κ1) is 19.4. The number of anilines is 1. The maximum absolute atomic E-state index is 12.5. The molecule has 1 aliphatic heterocycles. The van der Waals surface area contributed by atoms with Gasteiger partial charge in [-0.25, -0.2) is 9.97 Å². The van der Waals surface area contributed by atoms with Crippen LogP contribution in [0.25, 0.3) is 0 Å². The van der Waals surface area contributed by atoms with Crippen LogP contribution in [0.15, 0.2) is 41.6 Å². The molecule has 1 saturated heterocycles. The molecule has 3 rings (SSSR count). The quantitative estimate of drug-likeness (QED) is 0.633. The molecular weight excluding hydrogens is 360 g/mol. The third-order valence-electron chi connectivity index (χ3n) is 4.55. The van der Waals surface area contributed by atoms with Crippen molar-refractivity contribution in [3.8, 4) is 0 Å². The van der Waals surface area contributed by atoms with Gasteiger partial charge in [-0.05, 0) is 44.9 Å². The molecule has 1 aromatic heterocycles. The molecule has 7 heteroatoms.